The summed E-state index contributed by atoms with van der Waals surface area (Å²) in [5, 5.41) is 3.93. The van der Waals surface area contributed by atoms with Crippen molar-refractivity contribution in [2.75, 3.05) is 83.9 Å². The van der Waals surface area contributed by atoms with Gasteiger partial charge in [-0.3, -0.25) is 38.6 Å². The van der Waals surface area contributed by atoms with E-state index in [1.54, 1.807) is 23.5 Å². The number of unbranched alkanes of at least 4 members (excludes halogenated alkanes) is 6. The Hall–Kier alpha value is -0.560. The summed E-state index contributed by atoms with van der Waals surface area (Å²) in [5.74, 6) is 1.63. The third-order valence-corrected chi connectivity index (χ3v) is 19.4. The number of carbonyl (C=O) groups is 6. The number of imide groups is 2. The molecule has 2 rings (SSSR count). The van der Waals surface area contributed by atoms with Crippen LogP contribution in [0.1, 0.15) is 185 Å². The van der Waals surface area contributed by atoms with Crippen LogP contribution in [-0.4, -0.2) is 161 Å². The van der Waals surface area contributed by atoms with Gasteiger partial charge in [-0.15, -0.1) is 60.5 Å². The Morgan fingerprint density at radius 1 is 0.603 bits per heavy atom. The van der Waals surface area contributed by atoms with Crippen molar-refractivity contribution in [2.45, 2.75) is 217 Å². The number of rotatable bonds is 46. The van der Waals surface area contributed by atoms with Gasteiger partial charge in [-0.05, 0) is 127 Å². The number of nitrogens with zero attached hydrogens (tertiary/aromatic N) is 2. The molecule has 454 valence electrons. The average Bonchev–Trinajstić information content (AvgIpc) is 3.78. The molecule has 78 heavy (non-hydrogen) atoms. The fourth-order valence-corrected chi connectivity index (χ4v) is 14.0. The van der Waals surface area contributed by atoms with Crippen LogP contribution in [0.3, 0.4) is 0 Å². The zero-order valence-electron chi connectivity index (χ0n) is 49.9. The van der Waals surface area contributed by atoms with Crippen molar-refractivity contribution in [3.8, 4) is 0 Å². The third kappa shape index (κ3) is 30.3. The van der Waals surface area contributed by atoms with E-state index in [1.807, 2.05) is 34.6 Å². The second-order valence-corrected chi connectivity index (χ2v) is 30.5. The first-order valence-electron chi connectivity index (χ1n) is 29.4. The third-order valence-electron chi connectivity index (χ3n) is 14.8. The van der Waals surface area contributed by atoms with Gasteiger partial charge in [0.15, 0.2) is 0 Å². The van der Waals surface area contributed by atoms with E-state index >= 15 is 0 Å². The molecule has 15 nitrogen and oxygen atoms in total. The van der Waals surface area contributed by atoms with Crippen molar-refractivity contribution in [2.24, 2.45) is 23.2 Å². The molecule has 2 heterocycles. The highest BCUT2D eigenvalue weighted by Crippen LogP contribution is 2.39. The molecule has 0 aromatic carbocycles. The van der Waals surface area contributed by atoms with E-state index in [0.29, 0.717) is 89.7 Å². The molecule has 2 aliphatic heterocycles. The van der Waals surface area contributed by atoms with Gasteiger partial charge < -0.3 is 34.3 Å². The minimum absolute atomic E-state index is 0.0727. The zero-order valence-corrected chi connectivity index (χ0v) is 56.1. The molecule has 13 unspecified atom stereocenters. The molecule has 0 aromatic rings. The highest BCUT2D eigenvalue weighted by atomic mass is 32.2. The molecule has 2 N–H and O–H groups in total. The van der Waals surface area contributed by atoms with E-state index in [-0.39, 0.29) is 101 Å². The minimum Gasteiger partial charge on any atom is -0.381 e. The van der Waals surface area contributed by atoms with Gasteiger partial charge in [0.05, 0.1) is 39.7 Å². The van der Waals surface area contributed by atoms with Gasteiger partial charge in [-0.1, -0.05) is 66.2 Å². The lowest BCUT2D eigenvalue weighted by Gasteiger charge is -2.38. The number of hydrogen-bond acceptors (Lipinski definition) is 13. The molecule has 13 atom stereocenters. The number of carbonyl (C=O) groups excluding carboxylic acids is 6. The fourth-order valence-electron chi connectivity index (χ4n) is 10.1. The van der Waals surface area contributed by atoms with Crippen molar-refractivity contribution < 1.29 is 52.5 Å². The molecule has 0 aromatic heterocycles. The lowest BCUT2D eigenvalue weighted by molar-refractivity contribution is -0.140. The SMILES string of the molecule is CCOC(C)(P)CC(COCCCNC(=O)CCN1C(=O)CC(SCCCCCCC(CCCCCCSC2CC(=O)N(CCC(=O)NCCCOCC(CC(C)(P)OCC)C(C)(P)OCC)C2=O)C(C)(C)C)C1=O)C(C)P. The van der Waals surface area contributed by atoms with Crippen LogP contribution in [0.5, 0.6) is 0 Å². The Kier molecular flexibility index (Phi) is 36.9. The number of thioether (sulfide) groups is 2. The summed E-state index contributed by atoms with van der Waals surface area (Å²) >= 11 is 3.15. The maximum Gasteiger partial charge on any atom is 0.242 e. The summed E-state index contributed by atoms with van der Waals surface area (Å²) in [4.78, 5) is 79.5. The molecule has 0 bridgehead atoms. The average molecular weight is 1210 g/mol. The molecule has 0 aliphatic carbocycles. The van der Waals surface area contributed by atoms with Crippen molar-refractivity contribution in [3.63, 3.8) is 0 Å². The molecular formula is C57H108N4O11P4S2. The smallest absolute Gasteiger partial charge is 0.242 e. The number of ether oxygens (including phenoxy) is 5. The maximum absolute atomic E-state index is 13.1. The maximum atomic E-state index is 13.1. The van der Waals surface area contributed by atoms with Crippen LogP contribution in [0.15, 0.2) is 0 Å². The standard InChI is InChI=1S/C57H108N4O11P4S2/c1-11-70-55(8,74)38-43(42(4)73)40-68-32-22-28-58-48(62)26-30-60-50(64)36-46(52(60)66)77-34-20-16-14-18-24-44(54(5,6)7)25-19-15-17-21-35-78-47-37-51(65)61(53(47)67)31-27-49(63)59-29-23-33-69-41-45(57(10,76)72-13-3)39-56(9,75)71-12-2/h42-47H,11-41,73-76H2,1-10H3,(H,58,62)(H,59,63). The molecule has 0 spiro atoms. The van der Waals surface area contributed by atoms with Crippen LogP contribution < -0.4 is 10.6 Å². The van der Waals surface area contributed by atoms with Gasteiger partial charge >= 0.3 is 0 Å². The van der Waals surface area contributed by atoms with Gasteiger partial charge in [0, 0.05) is 90.8 Å². The molecular weight excluding hydrogens is 1100 g/mol. The lowest BCUT2D eigenvalue weighted by atomic mass is 9.75. The number of amides is 6. The Morgan fingerprint density at radius 3 is 1.45 bits per heavy atom. The van der Waals surface area contributed by atoms with Gasteiger partial charge in [0.2, 0.25) is 35.4 Å². The van der Waals surface area contributed by atoms with E-state index in [0.717, 1.165) is 62.9 Å². The minimum atomic E-state index is -0.466. The van der Waals surface area contributed by atoms with Crippen LogP contribution in [-0.2, 0) is 52.5 Å². The summed E-state index contributed by atoms with van der Waals surface area (Å²) in [6, 6.07) is 0. The van der Waals surface area contributed by atoms with Crippen molar-refractivity contribution >= 4 is 95.9 Å². The van der Waals surface area contributed by atoms with Crippen LogP contribution in [0, 0.1) is 23.2 Å². The number of hydrogen-bond donors (Lipinski definition) is 2. The first-order chi connectivity index (χ1) is 36.8. The van der Waals surface area contributed by atoms with Crippen LogP contribution in [0.2, 0.25) is 0 Å². The van der Waals surface area contributed by atoms with Crippen LogP contribution >= 0.6 is 60.5 Å². The summed E-state index contributed by atoms with van der Waals surface area (Å²) in [5.41, 5.74) is 0.605. The predicted molar refractivity (Wildman–Crippen MR) is 335 cm³/mol. The van der Waals surface area contributed by atoms with Gasteiger partial charge in [-0.2, -0.15) is 0 Å². The van der Waals surface area contributed by atoms with E-state index in [2.05, 4.69) is 82.2 Å². The highest BCUT2D eigenvalue weighted by Gasteiger charge is 2.40. The van der Waals surface area contributed by atoms with Gasteiger partial charge in [0.1, 0.15) is 0 Å². The highest BCUT2D eigenvalue weighted by molar-refractivity contribution is 8.00. The normalized spacial score (nSPS) is 20.1. The Bertz CT molecular complexity index is 1780. The Balaban J connectivity index is 1.55. The van der Waals surface area contributed by atoms with Crippen molar-refractivity contribution in [1.29, 1.82) is 0 Å². The summed E-state index contributed by atoms with van der Waals surface area (Å²) < 4.78 is 29.8. The van der Waals surface area contributed by atoms with E-state index in [4.69, 9.17) is 23.7 Å². The lowest BCUT2D eigenvalue weighted by Crippen LogP contribution is -2.39. The summed E-state index contributed by atoms with van der Waals surface area (Å²) in [6.45, 7) is 26.5. The molecule has 0 radical (unpaired) electrons. The Morgan fingerprint density at radius 2 is 1.03 bits per heavy atom. The van der Waals surface area contributed by atoms with Crippen molar-refractivity contribution in [3.05, 3.63) is 0 Å². The van der Waals surface area contributed by atoms with Gasteiger partial charge in [-0.25, -0.2) is 0 Å². The van der Waals surface area contributed by atoms with Crippen LogP contribution in [0.4, 0.5) is 0 Å². The van der Waals surface area contributed by atoms with E-state index in [9.17, 15) is 28.8 Å². The fraction of sp³-hybridized carbons (Fsp3) is 0.895. The topological polar surface area (TPSA) is 179 Å². The zero-order chi connectivity index (χ0) is 58.4. The summed E-state index contributed by atoms with van der Waals surface area (Å²) in [7, 11) is 11.3. The first-order valence-corrected chi connectivity index (χ1v) is 33.9. The molecule has 0 saturated carbocycles. The monoisotopic (exact) mass is 1210 g/mol. The Labute approximate surface area is 490 Å². The number of likely N-dealkylation sites (tertiary alicyclic amines) is 2. The first kappa shape index (κ1) is 73.5. The van der Waals surface area contributed by atoms with Crippen LogP contribution in [0.25, 0.3) is 0 Å². The van der Waals surface area contributed by atoms with E-state index in [1.165, 1.54) is 35.5 Å². The van der Waals surface area contributed by atoms with E-state index < -0.39 is 10.7 Å². The van der Waals surface area contributed by atoms with Crippen molar-refractivity contribution in [1.82, 2.24) is 20.4 Å². The second-order valence-electron chi connectivity index (χ2n) is 23.3. The molecule has 6 amide bonds. The molecule has 21 heteroatoms. The molecule has 2 aliphatic rings. The molecule has 2 saturated heterocycles. The number of nitrogens with one attached hydrogen (secondary N) is 2. The molecule has 2 fully saturated rings. The quantitative estimate of drug-likeness (QED) is 0.0334. The summed E-state index contributed by atoms with van der Waals surface area (Å²) in [6.07, 6.45) is 14.7. The predicted octanol–water partition coefficient (Wildman–Crippen LogP) is 10.3. The largest absolute Gasteiger partial charge is 0.381 e. The second kappa shape index (κ2) is 39.1. The van der Waals surface area contributed by atoms with Gasteiger partial charge in [0.25, 0.3) is 0 Å².